The molecule has 0 radical (unpaired) electrons. The van der Waals surface area contributed by atoms with E-state index in [9.17, 15) is 13.6 Å². The van der Waals surface area contributed by atoms with Crippen LogP contribution in [0.5, 0.6) is 0 Å². The minimum absolute atomic E-state index is 0.170. The SMILES string of the molecule is COCC(NC=O)C(F)F. The summed E-state index contributed by atoms with van der Waals surface area (Å²) in [7, 11) is 1.29. The third kappa shape index (κ3) is 3.34. The van der Waals surface area contributed by atoms with Crippen molar-refractivity contribution in [3.05, 3.63) is 0 Å². The highest BCUT2D eigenvalue weighted by Crippen LogP contribution is 1.99. The molecule has 3 nitrogen and oxygen atoms in total. The van der Waals surface area contributed by atoms with Crippen molar-refractivity contribution >= 4 is 6.41 Å². The second-order valence-corrected chi connectivity index (χ2v) is 1.68. The molecule has 0 saturated heterocycles. The fraction of sp³-hybridized carbons (Fsp3) is 0.800. The number of rotatable bonds is 5. The molecule has 1 N–H and O–H groups in total. The van der Waals surface area contributed by atoms with E-state index in [2.05, 4.69) is 4.74 Å². The lowest BCUT2D eigenvalue weighted by molar-refractivity contribution is -0.111. The van der Waals surface area contributed by atoms with Crippen molar-refractivity contribution in [1.29, 1.82) is 0 Å². The van der Waals surface area contributed by atoms with E-state index in [4.69, 9.17) is 0 Å². The fourth-order valence-electron chi connectivity index (χ4n) is 0.461. The van der Waals surface area contributed by atoms with Crippen LogP contribution in [-0.4, -0.2) is 32.6 Å². The van der Waals surface area contributed by atoms with E-state index in [1.54, 1.807) is 0 Å². The summed E-state index contributed by atoms with van der Waals surface area (Å²) in [6.45, 7) is -0.170. The first-order chi connectivity index (χ1) is 4.72. The summed E-state index contributed by atoms with van der Waals surface area (Å²) in [5, 5.41) is 1.93. The Bertz CT molecular complexity index is 99.6. The van der Waals surface area contributed by atoms with Gasteiger partial charge in [0.05, 0.1) is 6.61 Å². The number of carbonyl (C=O) groups is 1. The third-order valence-electron chi connectivity index (χ3n) is 0.933. The molecule has 0 aliphatic carbocycles. The van der Waals surface area contributed by atoms with E-state index in [0.29, 0.717) is 0 Å². The maximum atomic E-state index is 11.8. The van der Waals surface area contributed by atoms with Crippen molar-refractivity contribution in [2.45, 2.75) is 12.5 Å². The van der Waals surface area contributed by atoms with Gasteiger partial charge in [-0.3, -0.25) is 4.79 Å². The van der Waals surface area contributed by atoms with Gasteiger partial charge in [0, 0.05) is 7.11 Å². The van der Waals surface area contributed by atoms with Gasteiger partial charge < -0.3 is 10.1 Å². The normalized spacial score (nSPS) is 13.2. The number of halogens is 2. The zero-order valence-electron chi connectivity index (χ0n) is 5.51. The molecule has 1 unspecified atom stereocenters. The van der Waals surface area contributed by atoms with E-state index < -0.39 is 12.5 Å². The standard InChI is InChI=1S/C5H9F2NO2/c1-10-2-4(5(6)7)8-3-9/h3-5H,2H2,1H3,(H,8,9). The second-order valence-electron chi connectivity index (χ2n) is 1.68. The number of hydrogen-bond acceptors (Lipinski definition) is 2. The molecule has 0 aromatic rings. The van der Waals surface area contributed by atoms with Crippen LogP contribution < -0.4 is 5.32 Å². The van der Waals surface area contributed by atoms with Gasteiger partial charge in [-0.25, -0.2) is 8.78 Å². The lowest BCUT2D eigenvalue weighted by Gasteiger charge is -2.12. The van der Waals surface area contributed by atoms with Gasteiger partial charge in [0.1, 0.15) is 6.04 Å². The van der Waals surface area contributed by atoms with Gasteiger partial charge in [-0.05, 0) is 0 Å². The zero-order chi connectivity index (χ0) is 7.98. The first-order valence-corrected chi connectivity index (χ1v) is 2.69. The summed E-state index contributed by atoms with van der Waals surface area (Å²) >= 11 is 0. The Morgan fingerprint density at radius 1 is 1.70 bits per heavy atom. The molecule has 1 amide bonds. The number of alkyl halides is 2. The molecular weight excluding hydrogens is 144 g/mol. The van der Waals surface area contributed by atoms with Crippen LogP contribution in [-0.2, 0) is 9.53 Å². The lowest BCUT2D eigenvalue weighted by atomic mass is 10.3. The largest absolute Gasteiger partial charge is 0.382 e. The summed E-state index contributed by atoms with van der Waals surface area (Å²) in [4.78, 5) is 9.69. The Kier molecular flexibility index (Phi) is 4.74. The minimum atomic E-state index is -2.58. The average Bonchev–Trinajstić information content (AvgIpc) is 1.87. The maximum absolute atomic E-state index is 11.8. The highest BCUT2D eigenvalue weighted by molar-refractivity contribution is 5.46. The van der Waals surface area contributed by atoms with E-state index in [-0.39, 0.29) is 13.0 Å². The lowest BCUT2D eigenvalue weighted by Crippen LogP contribution is -2.38. The van der Waals surface area contributed by atoms with Crippen LogP contribution >= 0.6 is 0 Å². The Hall–Kier alpha value is -0.710. The minimum Gasteiger partial charge on any atom is -0.382 e. The van der Waals surface area contributed by atoms with E-state index in [0.717, 1.165) is 0 Å². The van der Waals surface area contributed by atoms with Gasteiger partial charge in [-0.1, -0.05) is 0 Å². The number of ether oxygens (including phenoxy) is 1. The Morgan fingerprint density at radius 3 is 2.60 bits per heavy atom. The van der Waals surface area contributed by atoms with Gasteiger partial charge >= 0.3 is 0 Å². The molecule has 0 saturated carbocycles. The van der Waals surface area contributed by atoms with Crippen molar-refractivity contribution in [2.75, 3.05) is 13.7 Å². The predicted molar refractivity (Wildman–Crippen MR) is 30.9 cm³/mol. The number of amides is 1. The van der Waals surface area contributed by atoms with Crippen molar-refractivity contribution in [3.63, 3.8) is 0 Å². The van der Waals surface area contributed by atoms with Crippen LogP contribution in [0.4, 0.5) is 8.78 Å². The number of carbonyl (C=O) groups excluding carboxylic acids is 1. The molecule has 0 aliphatic rings. The fourth-order valence-corrected chi connectivity index (χ4v) is 0.461. The molecule has 0 aliphatic heterocycles. The van der Waals surface area contributed by atoms with E-state index in [1.807, 2.05) is 5.32 Å². The van der Waals surface area contributed by atoms with Gasteiger partial charge in [0.2, 0.25) is 6.41 Å². The van der Waals surface area contributed by atoms with Gasteiger partial charge in [0.25, 0.3) is 6.43 Å². The van der Waals surface area contributed by atoms with Gasteiger partial charge in [-0.2, -0.15) is 0 Å². The number of hydrogen-bond donors (Lipinski definition) is 1. The second kappa shape index (κ2) is 5.10. The van der Waals surface area contributed by atoms with Crippen molar-refractivity contribution in [1.82, 2.24) is 5.32 Å². The van der Waals surface area contributed by atoms with Crippen LogP contribution in [0.25, 0.3) is 0 Å². The highest BCUT2D eigenvalue weighted by Gasteiger charge is 2.18. The first-order valence-electron chi connectivity index (χ1n) is 2.69. The molecule has 0 fully saturated rings. The van der Waals surface area contributed by atoms with Crippen LogP contribution in [0, 0.1) is 0 Å². The Labute approximate surface area is 57.4 Å². The van der Waals surface area contributed by atoms with Gasteiger partial charge in [-0.15, -0.1) is 0 Å². The molecular formula is C5H9F2NO2. The van der Waals surface area contributed by atoms with E-state index >= 15 is 0 Å². The summed E-state index contributed by atoms with van der Waals surface area (Å²) in [6.07, 6.45) is -2.35. The number of nitrogens with one attached hydrogen (secondary N) is 1. The van der Waals surface area contributed by atoms with Crippen LogP contribution in [0.15, 0.2) is 0 Å². The van der Waals surface area contributed by atoms with Crippen LogP contribution in [0.2, 0.25) is 0 Å². The summed E-state index contributed by atoms with van der Waals surface area (Å²) in [5.74, 6) is 0. The predicted octanol–water partition coefficient (Wildman–Crippen LogP) is 0.0125. The van der Waals surface area contributed by atoms with Crippen molar-refractivity contribution < 1.29 is 18.3 Å². The van der Waals surface area contributed by atoms with Crippen molar-refractivity contribution in [3.8, 4) is 0 Å². The molecule has 0 rings (SSSR count). The van der Waals surface area contributed by atoms with Crippen LogP contribution in [0.1, 0.15) is 0 Å². The smallest absolute Gasteiger partial charge is 0.260 e. The zero-order valence-corrected chi connectivity index (χ0v) is 5.51. The number of methoxy groups -OCH3 is 1. The Morgan fingerprint density at radius 2 is 2.30 bits per heavy atom. The Balaban J connectivity index is 3.60. The molecule has 10 heavy (non-hydrogen) atoms. The van der Waals surface area contributed by atoms with Gasteiger partial charge in [0.15, 0.2) is 0 Å². The molecule has 0 spiro atoms. The third-order valence-corrected chi connectivity index (χ3v) is 0.933. The molecule has 60 valence electrons. The summed E-state index contributed by atoms with van der Waals surface area (Å²) in [5.41, 5.74) is 0. The highest BCUT2D eigenvalue weighted by atomic mass is 19.3. The molecule has 0 aromatic carbocycles. The topological polar surface area (TPSA) is 38.3 Å². The quantitative estimate of drug-likeness (QED) is 0.565. The molecule has 1 atom stereocenters. The van der Waals surface area contributed by atoms with Crippen molar-refractivity contribution in [2.24, 2.45) is 0 Å². The van der Waals surface area contributed by atoms with Crippen LogP contribution in [0.3, 0.4) is 0 Å². The first kappa shape index (κ1) is 9.29. The molecule has 0 bridgehead atoms. The molecule has 0 aromatic heterocycles. The average molecular weight is 153 g/mol. The molecule has 5 heteroatoms. The van der Waals surface area contributed by atoms with E-state index in [1.165, 1.54) is 7.11 Å². The maximum Gasteiger partial charge on any atom is 0.260 e. The summed E-state index contributed by atoms with van der Waals surface area (Å²) in [6, 6.07) is -1.19. The monoisotopic (exact) mass is 153 g/mol. The molecule has 0 heterocycles. The summed E-state index contributed by atoms with van der Waals surface area (Å²) < 4.78 is 28.0.